The van der Waals surface area contributed by atoms with Crippen molar-refractivity contribution in [1.82, 2.24) is 15.0 Å². The lowest BCUT2D eigenvalue weighted by molar-refractivity contribution is 0.0734. The van der Waals surface area contributed by atoms with Crippen LogP contribution in [0.15, 0.2) is 53.1 Å². The number of benzene rings is 2. The van der Waals surface area contributed by atoms with Crippen LogP contribution in [0.5, 0.6) is 0 Å². The van der Waals surface area contributed by atoms with Crippen LogP contribution >= 0.6 is 23.2 Å². The maximum atomic E-state index is 12.7. The highest BCUT2D eigenvalue weighted by Gasteiger charge is 2.19. The molecule has 25 heavy (non-hydrogen) atoms. The van der Waals surface area contributed by atoms with Gasteiger partial charge >= 0.3 is 0 Å². The van der Waals surface area contributed by atoms with Crippen molar-refractivity contribution >= 4 is 29.1 Å². The second kappa shape index (κ2) is 7.68. The van der Waals surface area contributed by atoms with Crippen molar-refractivity contribution in [3.05, 3.63) is 70.0 Å². The van der Waals surface area contributed by atoms with Gasteiger partial charge in [0.2, 0.25) is 11.7 Å². The van der Waals surface area contributed by atoms with Crippen LogP contribution in [0.4, 0.5) is 0 Å². The molecule has 0 radical (unpaired) electrons. The SMILES string of the molecule is CCN(Cc1nc(-c2ccccc2)no1)C(=O)c1ccc(Cl)c(Cl)c1. The summed E-state index contributed by atoms with van der Waals surface area (Å²) in [5, 5.41) is 4.72. The van der Waals surface area contributed by atoms with Crippen LogP contribution in [0.3, 0.4) is 0 Å². The summed E-state index contributed by atoms with van der Waals surface area (Å²) in [4.78, 5) is 18.6. The fourth-order valence-corrected chi connectivity index (χ4v) is 2.62. The van der Waals surface area contributed by atoms with Gasteiger partial charge in [-0.05, 0) is 25.1 Å². The van der Waals surface area contributed by atoms with Gasteiger partial charge in [0.1, 0.15) is 6.54 Å². The number of aromatic nitrogens is 2. The van der Waals surface area contributed by atoms with Crippen molar-refractivity contribution in [2.24, 2.45) is 0 Å². The summed E-state index contributed by atoms with van der Waals surface area (Å²) in [6, 6.07) is 14.3. The van der Waals surface area contributed by atoms with Gasteiger partial charge in [-0.25, -0.2) is 0 Å². The van der Waals surface area contributed by atoms with E-state index < -0.39 is 0 Å². The molecule has 0 spiro atoms. The molecule has 0 saturated heterocycles. The highest BCUT2D eigenvalue weighted by atomic mass is 35.5. The third kappa shape index (κ3) is 4.00. The number of carbonyl (C=O) groups excluding carboxylic acids is 1. The smallest absolute Gasteiger partial charge is 0.254 e. The van der Waals surface area contributed by atoms with E-state index in [1.807, 2.05) is 37.3 Å². The van der Waals surface area contributed by atoms with Gasteiger partial charge < -0.3 is 9.42 Å². The molecule has 128 valence electrons. The Hall–Kier alpha value is -2.37. The summed E-state index contributed by atoms with van der Waals surface area (Å²) >= 11 is 11.9. The average molecular weight is 376 g/mol. The molecule has 2 aromatic carbocycles. The molecule has 3 rings (SSSR count). The molecule has 3 aromatic rings. The standard InChI is InChI=1S/C18H15Cl2N3O2/c1-2-23(18(24)13-8-9-14(19)15(20)10-13)11-16-21-17(22-25-16)12-6-4-3-5-7-12/h3-10H,2,11H2,1H3. The quantitative estimate of drug-likeness (QED) is 0.647. The molecule has 0 aliphatic heterocycles. The molecule has 1 aromatic heterocycles. The Balaban J connectivity index is 1.77. The monoisotopic (exact) mass is 375 g/mol. The number of halogens is 2. The van der Waals surface area contributed by atoms with Crippen LogP contribution in [-0.2, 0) is 6.54 Å². The molecule has 0 aliphatic carbocycles. The summed E-state index contributed by atoms with van der Waals surface area (Å²) in [6.45, 7) is 2.58. The maximum Gasteiger partial charge on any atom is 0.254 e. The highest BCUT2D eigenvalue weighted by molar-refractivity contribution is 6.42. The molecule has 0 fully saturated rings. The fourth-order valence-electron chi connectivity index (χ4n) is 2.33. The lowest BCUT2D eigenvalue weighted by Crippen LogP contribution is -2.30. The van der Waals surface area contributed by atoms with E-state index in [9.17, 15) is 4.79 Å². The third-order valence-electron chi connectivity index (χ3n) is 3.66. The zero-order valence-electron chi connectivity index (χ0n) is 13.4. The van der Waals surface area contributed by atoms with Gasteiger partial charge in [0, 0.05) is 17.7 Å². The predicted molar refractivity (Wildman–Crippen MR) is 96.6 cm³/mol. The first-order valence-electron chi connectivity index (χ1n) is 7.71. The van der Waals surface area contributed by atoms with Crippen molar-refractivity contribution in [3.63, 3.8) is 0 Å². The van der Waals surface area contributed by atoms with Crippen molar-refractivity contribution in [3.8, 4) is 11.4 Å². The van der Waals surface area contributed by atoms with E-state index in [0.717, 1.165) is 5.56 Å². The molecule has 5 nitrogen and oxygen atoms in total. The van der Waals surface area contributed by atoms with Gasteiger partial charge in [-0.3, -0.25) is 4.79 Å². The van der Waals surface area contributed by atoms with E-state index in [0.29, 0.717) is 33.9 Å². The molecule has 0 atom stereocenters. The molecule has 0 saturated carbocycles. The lowest BCUT2D eigenvalue weighted by atomic mass is 10.2. The Morgan fingerprint density at radius 1 is 1.12 bits per heavy atom. The molecule has 7 heteroatoms. The van der Waals surface area contributed by atoms with Gasteiger partial charge in [-0.1, -0.05) is 58.7 Å². The van der Waals surface area contributed by atoms with Gasteiger partial charge in [0.25, 0.3) is 5.91 Å². The number of hydrogen-bond acceptors (Lipinski definition) is 4. The summed E-state index contributed by atoms with van der Waals surface area (Å²) in [5.41, 5.74) is 1.32. The Labute approximate surface area is 155 Å². The van der Waals surface area contributed by atoms with E-state index in [1.165, 1.54) is 0 Å². The normalized spacial score (nSPS) is 10.7. The van der Waals surface area contributed by atoms with Crippen molar-refractivity contribution in [2.75, 3.05) is 6.54 Å². The maximum absolute atomic E-state index is 12.7. The molecule has 0 aliphatic rings. The lowest BCUT2D eigenvalue weighted by Gasteiger charge is -2.19. The van der Waals surface area contributed by atoms with Crippen LogP contribution < -0.4 is 0 Å². The van der Waals surface area contributed by atoms with Gasteiger partial charge in [-0.2, -0.15) is 4.98 Å². The minimum Gasteiger partial charge on any atom is -0.337 e. The molecule has 0 unspecified atom stereocenters. The van der Waals surface area contributed by atoms with Crippen molar-refractivity contribution in [1.29, 1.82) is 0 Å². The minimum atomic E-state index is -0.180. The zero-order valence-corrected chi connectivity index (χ0v) is 15.0. The minimum absolute atomic E-state index is 0.180. The second-order valence-corrected chi connectivity index (χ2v) is 6.14. The first-order valence-corrected chi connectivity index (χ1v) is 8.46. The molecular weight excluding hydrogens is 361 g/mol. The third-order valence-corrected chi connectivity index (χ3v) is 4.40. The van der Waals surface area contributed by atoms with E-state index in [1.54, 1.807) is 23.1 Å². The Bertz CT molecular complexity index is 881. The van der Waals surface area contributed by atoms with E-state index >= 15 is 0 Å². The van der Waals surface area contributed by atoms with Crippen LogP contribution in [0.1, 0.15) is 23.2 Å². The summed E-state index contributed by atoms with van der Waals surface area (Å²) in [6.07, 6.45) is 0. The van der Waals surface area contributed by atoms with Crippen LogP contribution in [0, 0.1) is 0 Å². The van der Waals surface area contributed by atoms with Crippen LogP contribution in [-0.4, -0.2) is 27.5 Å². The van der Waals surface area contributed by atoms with E-state index in [2.05, 4.69) is 10.1 Å². The van der Waals surface area contributed by atoms with E-state index in [-0.39, 0.29) is 12.5 Å². The van der Waals surface area contributed by atoms with Crippen molar-refractivity contribution in [2.45, 2.75) is 13.5 Å². The number of nitrogens with zero attached hydrogens (tertiary/aromatic N) is 3. The summed E-state index contributed by atoms with van der Waals surface area (Å²) < 4.78 is 5.28. The van der Waals surface area contributed by atoms with Gasteiger partial charge in [-0.15, -0.1) is 0 Å². The summed E-state index contributed by atoms with van der Waals surface area (Å²) in [5.74, 6) is 0.684. The fraction of sp³-hybridized carbons (Fsp3) is 0.167. The van der Waals surface area contributed by atoms with Crippen LogP contribution in [0.2, 0.25) is 10.0 Å². The van der Waals surface area contributed by atoms with Crippen molar-refractivity contribution < 1.29 is 9.32 Å². The first-order chi connectivity index (χ1) is 12.1. The predicted octanol–water partition coefficient (Wildman–Crippen LogP) is 4.71. The van der Waals surface area contributed by atoms with Gasteiger partial charge in [0.05, 0.1) is 10.0 Å². The Morgan fingerprint density at radius 3 is 2.56 bits per heavy atom. The highest BCUT2D eigenvalue weighted by Crippen LogP contribution is 2.23. The average Bonchev–Trinajstić information content (AvgIpc) is 3.11. The first kappa shape index (κ1) is 17.5. The molecule has 1 amide bonds. The topological polar surface area (TPSA) is 59.2 Å². The number of carbonyl (C=O) groups is 1. The summed E-state index contributed by atoms with van der Waals surface area (Å²) in [7, 11) is 0. The Kier molecular flexibility index (Phi) is 5.36. The molecule has 0 N–H and O–H groups in total. The largest absolute Gasteiger partial charge is 0.337 e. The Morgan fingerprint density at radius 2 is 1.88 bits per heavy atom. The molecule has 1 heterocycles. The molecule has 0 bridgehead atoms. The van der Waals surface area contributed by atoms with Crippen LogP contribution in [0.25, 0.3) is 11.4 Å². The van der Waals surface area contributed by atoms with E-state index in [4.69, 9.17) is 27.7 Å². The number of rotatable bonds is 5. The van der Waals surface area contributed by atoms with Gasteiger partial charge in [0.15, 0.2) is 0 Å². The number of hydrogen-bond donors (Lipinski definition) is 0. The zero-order chi connectivity index (χ0) is 17.8. The second-order valence-electron chi connectivity index (χ2n) is 5.33. The molecular formula is C18H15Cl2N3O2. The number of amides is 1.